The highest BCUT2D eigenvalue weighted by Crippen LogP contribution is 2.27. The molecule has 0 aliphatic heterocycles. The molecular weight excluding hydrogens is 290 g/mol. The number of halogens is 1. The maximum atomic E-state index is 5.36. The third-order valence-electron chi connectivity index (χ3n) is 2.83. The first kappa shape index (κ1) is 13.1. The molecule has 2 aromatic carbocycles. The zero-order valence-corrected chi connectivity index (χ0v) is 12.1. The van der Waals surface area contributed by atoms with Crippen LogP contribution in [0.3, 0.4) is 0 Å². The lowest BCUT2D eigenvalue weighted by Crippen LogP contribution is -2.06. The molecule has 3 heteroatoms. The van der Waals surface area contributed by atoms with Gasteiger partial charge < -0.3 is 10.1 Å². The summed E-state index contributed by atoms with van der Waals surface area (Å²) in [7, 11) is 3.64. The van der Waals surface area contributed by atoms with E-state index in [0.29, 0.717) is 0 Å². The van der Waals surface area contributed by atoms with Gasteiger partial charge in [0, 0.05) is 16.6 Å². The highest BCUT2D eigenvalue weighted by atomic mass is 79.9. The maximum absolute atomic E-state index is 5.36. The molecule has 94 valence electrons. The fraction of sp³-hybridized carbons (Fsp3) is 0.200. The van der Waals surface area contributed by atoms with E-state index in [1.807, 2.05) is 13.1 Å². The summed E-state index contributed by atoms with van der Waals surface area (Å²) in [6.45, 7) is 0.799. The van der Waals surface area contributed by atoms with E-state index in [4.69, 9.17) is 4.74 Å². The van der Waals surface area contributed by atoms with Crippen LogP contribution in [0.2, 0.25) is 0 Å². The van der Waals surface area contributed by atoms with Crippen LogP contribution in [0.15, 0.2) is 46.9 Å². The molecule has 0 bridgehead atoms. The van der Waals surface area contributed by atoms with Crippen molar-refractivity contribution < 1.29 is 4.74 Å². The zero-order valence-electron chi connectivity index (χ0n) is 10.5. The molecule has 2 aromatic rings. The second kappa shape index (κ2) is 6.03. The van der Waals surface area contributed by atoms with Crippen LogP contribution in [0.1, 0.15) is 5.56 Å². The summed E-state index contributed by atoms with van der Waals surface area (Å²) < 4.78 is 6.45. The minimum atomic E-state index is 0.799. The summed E-state index contributed by atoms with van der Waals surface area (Å²) in [6, 6.07) is 14.6. The van der Waals surface area contributed by atoms with Gasteiger partial charge in [-0.25, -0.2) is 0 Å². The average Bonchev–Trinajstić information content (AvgIpc) is 2.40. The van der Waals surface area contributed by atoms with Gasteiger partial charge in [0.05, 0.1) is 7.11 Å². The molecule has 18 heavy (non-hydrogen) atoms. The van der Waals surface area contributed by atoms with E-state index in [-0.39, 0.29) is 0 Å². The van der Waals surface area contributed by atoms with Gasteiger partial charge in [0.2, 0.25) is 0 Å². The van der Waals surface area contributed by atoms with Gasteiger partial charge in [-0.05, 0) is 42.4 Å². The number of ether oxygens (including phenoxy) is 1. The lowest BCUT2D eigenvalue weighted by molar-refractivity contribution is 0.408. The average molecular weight is 306 g/mol. The summed E-state index contributed by atoms with van der Waals surface area (Å²) in [5.41, 5.74) is 3.58. The number of methoxy groups -OCH3 is 1. The molecule has 0 amide bonds. The highest BCUT2D eigenvalue weighted by Gasteiger charge is 2.05. The molecule has 0 aliphatic rings. The first-order valence-electron chi connectivity index (χ1n) is 5.82. The van der Waals surface area contributed by atoms with Crippen molar-refractivity contribution in [2.75, 3.05) is 14.2 Å². The fourth-order valence-corrected chi connectivity index (χ4v) is 2.19. The first-order valence-corrected chi connectivity index (χ1v) is 6.61. The lowest BCUT2D eigenvalue weighted by Gasteiger charge is -2.10. The molecule has 2 rings (SSSR count). The van der Waals surface area contributed by atoms with E-state index < -0.39 is 0 Å². The smallest absolute Gasteiger partial charge is 0.123 e. The Morgan fingerprint density at radius 2 is 1.72 bits per heavy atom. The van der Waals surface area contributed by atoms with Gasteiger partial charge in [-0.3, -0.25) is 0 Å². The topological polar surface area (TPSA) is 21.3 Å². The second-order valence-corrected chi connectivity index (χ2v) is 4.98. The fourth-order valence-electron chi connectivity index (χ4n) is 1.93. The molecule has 0 aliphatic carbocycles. The van der Waals surface area contributed by atoms with Gasteiger partial charge in [-0.1, -0.05) is 34.1 Å². The predicted octanol–water partition coefficient (Wildman–Crippen LogP) is 3.84. The van der Waals surface area contributed by atoms with Gasteiger partial charge in [0.15, 0.2) is 0 Å². The summed E-state index contributed by atoms with van der Waals surface area (Å²) >= 11 is 3.45. The molecule has 0 atom stereocenters. The molecular formula is C15H16BrNO. The van der Waals surface area contributed by atoms with E-state index in [1.54, 1.807) is 7.11 Å². The Balaban J connectivity index is 2.39. The first-order chi connectivity index (χ1) is 8.74. The van der Waals surface area contributed by atoms with Crippen molar-refractivity contribution in [1.29, 1.82) is 0 Å². The summed E-state index contributed by atoms with van der Waals surface area (Å²) in [6.07, 6.45) is 0. The van der Waals surface area contributed by atoms with Crippen LogP contribution in [0.5, 0.6) is 5.75 Å². The monoisotopic (exact) mass is 305 g/mol. The van der Waals surface area contributed by atoms with Gasteiger partial charge in [-0.15, -0.1) is 0 Å². The van der Waals surface area contributed by atoms with Crippen molar-refractivity contribution in [3.63, 3.8) is 0 Å². The summed E-state index contributed by atoms with van der Waals surface area (Å²) in [5, 5.41) is 3.16. The molecule has 0 aromatic heterocycles. The van der Waals surface area contributed by atoms with Crippen molar-refractivity contribution in [3.8, 4) is 16.9 Å². The normalized spacial score (nSPS) is 10.4. The molecule has 0 spiro atoms. The van der Waals surface area contributed by atoms with Gasteiger partial charge in [-0.2, -0.15) is 0 Å². The van der Waals surface area contributed by atoms with Crippen molar-refractivity contribution in [2.24, 2.45) is 0 Å². The Labute approximate surface area is 116 Å². The molecule has 0 fully saturated rings. The minimum absolute atomic E-state index is 0.799. The lowest BCUT2D eigenvalue weighted by atomic mass is 10.0. The van der Waals surface area contributed by atoms with E-state index in [2.05, 4.69) is 57.6 Å². The molecule has 0 unspecified atom stereocenters. The SMILES string of the molecule is CNCc1cc(-c2ccc(Br)cc2)ccc1OC. The predicted molar refractivity (Wildman–Crippen MR) is 78.9 cm³/mol. The molecule has 1 N–H and O–H groups in total. The molecule has 0 saturated heterocycles. The Kier molecular flexibility index (Phi) is 4.39. The Morgan fingerprint density at radius 3 is 2.33 bits per heavy atom. The van der Waals surface area contributed by atoms with Gasteiger partial charge >= 0.3 is 0 Å². The standard InChI is InChI=1S/C15H16BrNO/c1-17-10-13-9-12(5-8-15(13)18-2)11-3-6-14(16)7-4-11/h3-9,17H,10H2,1-2H3. The zero-order chi connectivity index (χ0) is 13.0. The summed E-state index contributed by atoms with van der Waals surface area (Å²) in [5.74, 6) is 0.921. The maximum Gasteiger partial charge on any atom is 0.123 e. The van der Waals surface area contributed by atoms with E-state index >= 15 is 0 Å². The Bertz CT molecular complexity index is 523. The van der Waals surface area contributed by atoms with Crippen LogP contribution in [0, 0.1) is 0 Å². The van der Waals surface area contributed by atoms with Crippen LogP contribution in [0.4, 0.5) is 0 Å². The third kappa shape index (κ3) is 2.92. The van der Waals surface area contributed by atoms with Crippen molar-refractivity contribution in [1.82, 2.24) is 5.32 Å². The van der Waals surface area contributed by atoms with Crippen LogP contribution in [0.25, 0.3) is 11.1 Å². The minimum Gasteiger partial charge on any atom is -0.496 e. The third-order valence-corrected chi connectivity index (χ3v) is 3.35. The highest BCUT2D eigenvalue weighted by molar-refractivity contribution is 9.10. The van der Waals surface area contributed by atoms with Crippen LogP contribution >= 0.6 is 15.9 Å². The number of nitrogens with one attached hydrogen (secondary N) is 1. The molecule has 0 saturated carbocycles. The van der Waals surface area contributed by atoms with Crippen molar-refractivity contribution in [3.05, 3.63) is 52.5 Å². The summed E-state index contributed by atoms with van der Waals surface area (Å²) in [4.78, 5) is 0. The Morgan fingerprint density at radius 1 is 1.06 bits per heavy atom. The molecule has 0 radical (unpaired) electrons. The number of benzene rings is 2. The van der Waals surface area contributed by atoms with Crippen LogP contribution in [-0.2, 0) is 6.54 Å². The number of hydrogen-bond donors (Lipinski definition) is 1. The molecule has 2 nitrogen and oxygen atoms in total. The van der Waals surface area contributed by atoms with Crippen molar-refractivity contribution >= 4 is 15.9 Å². The number of hydrogen-bond acceptors (Lipinski definition) is 2. The van der Waals surface area contributed by atoms with Crippen LogP contribution in [-0.4, -0.2) is 14.2 Å². The molecule has 0 heterocycles. The van der Waals surface area contributed by atoms with E-state index in [9.17, 15) is 0 Å². The van der Waals surface area contributed by atoms with E-state index in [1.165, 1.54) is 16.7 Å². The number of rotatable bonds is 4. The van der Waals surface area contributed by atoms with Crippen LogP contribution < -0.4 is 10.1 Å². The largest absolute Gasteiger partial charge is 0.496 e. The van der Waals surface area contributed by atoms with Gasteiger partial charge in [0.25, 0.3) is 0 Å². The van der Waals surface area contributed by atoms with Crippen molar-refractivity contribution in [2.45, 2.75) is 6.54 Å². The quantitative estimate of drug-likeness (QED) is 0.926. The van der Waals surface area contributed by atoms with E-state index in [0.717, 1.165) is 16.8 Å². The van der Waals surface area contributed by atoms with Gasteiger partial charge in [0.1, 0.15) is 5.75 Å². The second-order valence-electron chi connectivity index (χ2n) is 4.06. The Hall–Kier alpha value is -1.32.